The van der Waals surface area contributed by atoms with Crippen LogP contribution in [0.4, 0.5) is 0 Å². The quantitative estimate of drug-likeness (QED) is 0.882. The van der Waals surface area contributed by atoms with Gasteiger partial charge in [-0.2, -0.15) is 0 Å². The van der Waals surface area contributed by atoms with Crippen molar-refractivity contribution in [2.24, 2.45) is 0 Å². The molecular formula is C14H17N3O2. The lowest BCUT2D eigenvalue weighted by Gasteiger charge is -2.09. The van der Waals surface area contributed by atoms with E-state index in [2.05, 4.69) is 10.3 Å². The average Bonchev–Trinajstić information content (AvgIpc) is 3.04. The minimum Gasteiger partial charge on any atom is -0.478 e. The molecule has 0 saturated heterocycles. The van der Waals surface area contributed by atoms with Gasteiger partial charge in [-0.3, -0.25) is 0 Å². The van der Waals surface area contributed by atoms with Crippen LogP contribution in [0.5, 0.6) is 0 Å². The van der Waals surface area contributed by atoms with Crippen molar-refractivity contribution in [2.45, 2.75) is 38.3 Å². The number of carboxylic acids is 1. The molecule has 5 heteroatoms. The van der Waals surface area contributed by atoms with Gasteiger partial charge in [0.05, 0.1) is 5.69 Å². The summed E-state index contributed by atoms with van der Waals surface area (Å²) in [5.74, 6) is -0.938. The molecule has 0 unspecified atom stereocenters. The van der Waals surface area contributed by atoms with Crippen LogP contribution < -0.4 is 5.32 Å². The Morgan fingerprint density at radius 1 is 1.47 bits per heavy atom. The lowest BCUT2D eigenvalue weighted by atomic mass is 10.2. The molecule has 2 aromatic heterocycles. The van der Waals surface area contributed by atoms with Crippen molar-refractivity contribution in [1.82, 2.24) is 14.7 Å². The molecule has 0 atom stereocenters. The minimum absolute atomic E-state index is 0.245. The standard InChI is InChI=1S/C14H17N3O2/c18-14(19)12-6-3-7-17-9-11(16-13(12)17)8-15-10-4-1-2-5-10/h3,6-7,9-10,15H,1-2,4-5,8H2,(H,18,19). The van der Waals surface area contributed by atoms with E-state index < -0.39 is 5.97 Å². The molecule has 0 bridgehead atoms. The molecule has 2 N–H and O–H groups in total. The number of nitrogens with zero attached hydrogens (tertiary/aromatic N) is 2. The molecule has 0 amide bonds. The number of hydrogen-bond donors (Lipinski definition) is 2. The van der Waals surface area contributed by atoms with Crippen molar-refractivity contribution in [2.75, 3.05) is 0 Å². The molecule has 1 saturated carbocycles. The highest BCUT2D eigenvalue weighted by molar-refractivity contribution is 5.94. The van der Waals surface area contributed by atoms with Crippen LogP contribution in [0.15, 0.2) is 24.5 Å². The third-order valence-corrected chi connectivity index (χ3v) is 3.69. The molecule has 1 fully saturated rings. The van der Waals surface area contributed by atoms with Gasteiger partial charge in [-0.1, -0.05) is 12.8 Å². The Morgan fingerprint density at radius 2 is 2.26 bits per heavy atom. The Kier molecular flexibility index (Phi) is 3.21. The Labute approximate surface area is 111 Å². The summed E-state index contributed by atoms with van der Waals surface area (Å²) >= 11 is 0. The number of rotatable bonds is 4. The predicted octanol–water partition coefficient (Wildman–Crippen LogP) is 2.06. The van der Waals surface area contributed by atoms with E-state index in [1.165, 1.54) is 25.7 Å². The number of aromatic nitrogens is 2. The molecule has 1 aliphatic rings. The highest BCUT2D eigenvalue weighted by Crippen LogP contribution is 2.18. The van der Waals surface area contributed by atoms with Crippen molar-refractivity contribution < 1.29 is 9.90 Å². The number of fused-ring (bicyclic) bond motifs is 1. The zero-order chi connectivity index (χ0) is 13.2. The first-order chi connectivity index (χ1) is 9.24. The summed E-state index contributed by atoms with van der Waals surface area (Å²) in [5.41, 5.74) is 1.65. The Bertz CT molecular complexity index is 600. The van der Waals surface area contributed by atoms with Crippen LogP contribution in [0.2, 0.25) is 0 Å². The Balaban J connectivity index is 1.80. The van der Waals surface area contributed by atoms with Gasteiger partial charge in [-0.05, 0) is 25.0 Å². The van der Waals surface area contributed by atoms with Gasteiger partial charge >= 0.3 is 5.97 Å². The van der Waals surface area contributed by atoms with Gasteiger partial charge in [0.2, 0.25) is 0 Å². The fraction of sp³-hybridized carbons (Fsp3) is 0.429. The van der Waals surface area contributed by atoms with E-state index in [1.54, 1.807) is 16.5 Å². The molecule has 5 nitrogen and oxygen atoms in total. The number of hydrogen-bond acceptors (Lipinski definition) is 3. The summed E-state index contributed by atoms with van der Waals surface area (Å²) in [4.78, 5) is 15.5. The second-order valence-corrected chi connectivity index (χ2v) is 5.05. The summed E-state index contributed by atoms with van der Waals surface area (Å²) in [6.07, 6.45) is 8.77. The molecule has 1 aliphatic carbocycles. The molecule has 100 valence electrons. The SMILES string of the molecule is O=C(O)c1cccn2cc(CNC3CCCC3)nc12. The van der Waals surface area contributed by atoms with E-state index >= 15 is 0 Å². The van der Waals surface area contributed by atoms with Crippen LogP contribution in [0.25, 0.3) is 5.65 Å². The second-order valence-electron chi connectivity index (χ2n) is 5.05. The minimum atomic E-state index is -0.938. The lowest BCUT2D eigenvalue weighted by molar-refractivity contribution is 0.0698. The molecular weight excluding hydrogens is 242 g/mol. The van der Waals surface area contributed by atoms with Gasteiger partial charge in [0.25, 0.3) is 0 Å². The van der Waals surface area contributed by atoms with Crippen molar-refractivity contribution in [3.63, 3.8) is 0 Å². The molecule has 19 heavy (non-hydrogen) atoms. The van der Waals surface area contributed by atoms with E-state index in [-0.39, 0.29) is 5.56 Å². The highest BCUT2D eigenvalue weighted by atomic mass is 16.4. The van der Waals surface area contributed by atoms with Gasteiger partial charge in [0.1, 0.15) is 5.56 Å². The van der Waals surface area contributed by atoms with Crippen LogP contribution >= 0.6 is 0 Å². The smallest absolute Gasteiger partial charge is 0.339 e. The van der Waals surface area contributed by atoms with E-state index in [1.807, 2.05) is 12.4 Å². The number of pyridine rings is 1. The summed E-state index contributed by atoms with van der Waals surface area (Å²) in [7, 11) is 0. The number of carboxylic acid groups (broad SMARTS) is 1. The van der Waals surface area contributed by atoms with Crippen LogP contribution in [0.3, 0.4) is 0 Å². The zero-order valence-electron chi connectivity index (χ0n) is 10.7. The topological polar surface area (TPSA) is 66.6 Å². The predicted molar refractivity (Wildman–Crippen MR) is 71.2 cm³/mol. The lowest BCUT2D eigenvalue weighted by Crippen LogP contribution is -2.25. The molecule has 3 rings (SSSR count). The van der Waals surface area contributed by atoms with Crippen molar-refractivity contribution in [1.29, 1.82) is 0 Å². The van der Waals surface area contributed by atoms with Gasteiger partial charge in [-0.25, -0.2) is 9.78 Å². The Morgan fingerprint density at radius 3 is 3.00 bits per heavy atom. The molecule has 0 spiro atoms. The summed E-state index contributed by atoms with van der Waals surface area (Å²) in [5, 5.41) is 12.6. The number of nitrogens with one attached hydrogen (secondary N) is 1. The van der Waals surface area contributed by atoms with Crippen molar-refractivity contribution in [3.05, 3.63) is 35.8 Å². The monoisotopic (exact) mass is 259 g/mol. The van der Waals surface area contributed by atoms with Crippen molar-refractivity contribution >= 4 is 11.6 Å². The summed E-state index contributed by atoms with van der Waals surface area (Å²) in [6.45, 7) is 0.700. The van der Waals surface area contributed by atoms with E-state index in [4.69, 9.17) is 5.11 Å². The van der Waals surface area contributed by atoms with Crippen LogP contribution in [-0.4, -0.2) is 26.5 Å². The molecule has 2 aromatic rings. The van der Waals surface area contributed by atoms with Crippen LogP contribution in [0.1, 0.15) is 41.7 Å². The van der Waals surface area contributed by atoms with E-state index in [0.29, 0.717) is 18.2 Å². The highest BCUT2D eigenvalue weighted by Gasteiger charge is 2.15. The summed E-state index contributed by atoms with van der Waals surface area (Å²) in [6, 6.07) is 3.90. The van der Waals surface area contributed by atoms with Gasteiger partial charge in [0.15, 0.2) is 5.65 Å². The van der Waals surface area contributed by atoms with Gasteiger partial charge in [-0.15, -0.1) is 0 Å². The average molecular weight is 259 g/mol. The first kappa shape index (κ1) is 12.2. The maximum absolute atomic E-state index is 11.1. The normalized spacial score (nSPS) is 16.2. The van der Waals surface area contributed by atoms with Gasteiger partial charge < -0.3 is 14.8 Å². The first-order valence-electron chi connectivity index (χ1n) is 6.67. The maximum atomic E-state index is 11.1. The maximum Gasteiger partial charge on any atom is 0.339 e. The van der Waals surface area contributed by atoms with Gasteiger partial charge in [0, 0.05) is 25.0 Å². The summed E-state index contributed by atoms with van der Waals surface area (Å²) < 4.78 is 1.77. The van der Waals surface area contributed by atoms with E-state index in [0.717, 1.165) is 5.69 Å². The first-order valence-corrected chi connectivity index (χ1v) is 6.67. The largest absolute Gasteiger partial charge is 0.478 e. The molecule has 0 radical (unpaired) electrons. The second kappa shape index (κ2) is 5.01. The van der Waals surface area contributed by atoms with Crippen molar-refractivity contribution in [3.8, 4) is 0 Å². The molecule has 0 aliphatic heterocycles. The fourth-order valence-corrected chi connectivity index (χ4v) is 2.69. The molecule has 2 heterocycles. The number of imidazole rings is 1. The zero-order valence-corrected chi connectivity index (χ0v) is 10.7. The molecule has 0 aromatic carbocycles. The number of aromatic carboxylic acids is 1. The number of carbonyl (C=O) groups is 1. The van der Waals surface area contributed by atoms with Crippen LogP contribution in [0, 0.1) is 0 Å². The third kappa shape index (κ3) is 2.46. The Hall–Kier alpha value is -1.88. The van der Waals surface area contributed by atoms with Crippen LogP contribution in [-0.2, 0) is 6.54 Å². The van der Waals surface area contributed by atoms with E-state index in [9.17, 15) is 4.79 Å². The fourth-order valence-electron chi connectivity index (χ4n) is 2.69. The third-order valence-electron chi connectivity index (χ3n) is 3.69.